The fourth-order valence-electron chi connectivity index (χ4n) is 3.22. The number of rotatable bonds is 7. The van der Waals surface area contributed by atoms with E-state index in [0.717, 1.165) is 11.3 Å². The van der Waals surface area contributed by atoms with Crippen molar-refractivity contribution in [2.24, 2.45) is 0 Å². The van der Waals surface area contributed by atoms with Gasteiger partial charge in [0.1, 0.15) is 5.75 Å². The summed E-state index contributed by atoms with van der Waals surface area (Å²) >= 11 is 6.63. The Balaban J connectivity index is 1.45. The molecule has 0 radical (unpaired) electrons. The predicted molar refractivity (Wildman–Crippen MR) is 137 cm³/mol. The minimum atomic E-state index is -0.433. The number of amides is 2. The number of carbonyl (C=O) groups is 2. The molecule has 0 atom stereocenters. The van der Waals surface area contributed by atoms with E-state index in [0.29, 0.717) is 26.4 Å². The highest BCUT2D eigenvalue weighted by Crippen LogP contribution is 2.37. The van der Waals surface area contributed by atoms with Crippen LogP contribution in [0.1, 0.15) is 5.56 Å². The molecule has 0 aromatic heterocycles. The zero-order valence-electron chi connectivity index (χ0n) is 18.1. The highest BCUT2D eigenvalue weighted by Gasteiger charge is 2.33. The van der Waals surface area contributed by atoms with Gasteiger partial charge in [-0.15, -0.1) is 0 Å². The number of phenols is 1. The van der Waals surface area contributed by atoms with Gasteiger partial charge >= 0.3 is 0 Å². The van der Waals surface area contributed by atoms with Crippen molar-refractivity contribution in [1.29, 1.82) is 0 Å². The number of anilines is 2. The van der Waals surface area contributed by atoms with E-state index < -0.39 is 5.91 Å². The molecular formula is C25H20N2O5S2. The predicted octanol–water partition coefficient (Wildman–Crippen LogP) is 4.82. The normalized spacial score (nSPS) is 14.4. The number of thiocarbonyl (C=S) groups is 1. The second kappa shape index (κ2) is 10.4. The summed E-state index contributed by atoms with van der Waals surface area (Å²) in [6.07, 6.45) is 1.74. The van der Waals surface area contributed by atoms with Gasteiger partial charge in [-0.05, 0) is 48.0 Å². The van der Waals surface area contributed by atoms with Gasteiger partial charge in [-0.25, -0.2) is 0 Å². The maximum Gasteiger partial charge on any atom is 0.270 e. The first-order valence-corrected chi connectivity index (χ1v) is 11.4. The van der Waals surface area contributed by atoms with Crippen LogP contribution in [0.25, 0.3) is 6.08 Å². The van der Waals surface area contributed by atoms with E-state index in [1.807, 2.05) is 30.3 Å². The Morgan fingerprint density at radius 3 is 2.56 bits per heavy atom. The number of hydrogen-bond donors (Lipinski definition) is 2. The third kappa shape index (κ3) is 5.22. The fraction of sp³-hybridized carbons (Fsp3) is 0.0800. The third-order valence-electron chi connectivity index (χ3n) is 4.83. The van der Waals surface area contributed by atoms with Crippen molar-refractivity contribution in [1.82, 2.24) is 0 Å². The van der Waals surface area contributed by atoms with Gasteiger partial charge in [0.05, 0.1) is 23.4 Å². The summed E-state index contributed by atoms with van der Waals surface area (Å²) in [5.41, 5.74) is 1.74. The van der Waals surface area contributed by atoms with Crippen molar-refractivity contribution < 1.29 is 24.2 Å². The van der Waals surface area contributed by atoms with Crippen LogP contribution >= 0.6 is 24.0 Å². The number of phenolic OH excluding ortho intramolecular Hbond substituents is 1. The standard InChI is InChI=1S/C25H20N2O5S2/c1-31-21-13-16(14-22-24(30)27(25(33)34-22)17-7-3-2-4-8-17)11-12-20(21)32-15-23(29)26-18-9-5-6-10-19(18)28/h2-14,28H,15H2,1H3,(H,26,29). The molecule has 2 N–H and O–H groups in total. The molecule has 0 aliphatic carbocycles. The molecule has 1 aliphatic rings. The van der Waals surface area contributed by atoms with Gasteiger partial charge in [0.15, 0.2) is 22.4 Å². The van der Waals surface area contributed by atoms with E-state index in [2.05, 4.69) is 5.32 Å². The topological polar surface area (TPSA) is 88.1 Å². The van der Waals surface area contributed by atoms with Crippen molar-refractivity contribution in [3.63, 3.8) is 0 Å². The Bertz CT molecular complexity index is 1280. The van der Waals surface area contributed by atoms with Crippen molar-refractivity contribution in [2.75, 3.05) is 23.9 Å². The van der Waals surface area contributed by atoms with Gasteiger partial charge in [-0.1, -0.05) is 60.4 Å². The molecular weight excluding hydrogens is 472 g/mol. The van der Waals surface area contributed by atoms with Crippen LogP contribution in [-0.4, -0.2) is 35.0 Å². The first-order chi connectivity index (χ1) is 16.5. The van der Waals surface area contributed by atoms with Gasteiger partial charge in [-0.3, -0.25) is 14.5 Å². The molecule has 0 bridgehead atoms. The van der Waals surface area contributed by atoms with Crippen LogP contribution < -0.4 is 19.7 Å². The van der Waals surface area contributed by atoms with Crippen LogP contribution in [0.5, 0.6) is 17.2 Å². The highest BCUT2D eigenvalue weighted by molar-refractivity contribution is 8.27. The molecule has 0 saturated carbocycles. The Morgan fingerprint density at radius 1 is 1.09 bits per heavy atom. The molecule has 7 nitrogen and oxygen atoms in total. The smallest absolute Gasteiger partial charge is 0.270 e. The summed E-state index contributed by atoms with van der Waals surface area (Å²) < 4.78 is 11.5. The van der Waals surface area contributed by atoms with Gasteiger partial charge in [0.2, 0.25) is 0 Å². The largest absolute Gasteiger partial charge is 0.506 e. The number of para-hydroxylation sites is 3. The van der Waals surface area contributed by atoms with Gasteiger partial charge in [0.25, 0.3) is 11.8 Å². The lowest BCUT2D eigenvalue weighted by molar-refractivity contribution is -0.118. The summed E-state index contributed by atoms with van der Waals surface area (Å²) in [7, 11) is 1.49. The molecule has 1 aliphatic heterocycles. The molecule has 1 fully saturated rings. The summed E-state index contributed by atoms with van der Waals surface area (Å²) in [6.45, 7) is -0.278. The summed E-state index contributed by atoms with van der Waals surface area (Å²) in [4.78, 5) is 27.1. The monoisotopic (exact) mass is 492 g/mol. The van der Waals surface area contributed by atoms with E-state index in [1.165, 1.54) is 29.8 Å². The molecule has 3 aromatic carbocycles. The SMILES string of the molecule is COc1cc(C=C2SC(=S)N(c3ccccc3)C2=O)ccc1OCC(=O)Nc1ccccc1O. The quantitative estimate of drug-likeness (QED) is 0.278. The fourth-order valence-corrected chi connectivity index (χ4v) is 4.52. The number of nitrogens with zero attached hydrogens (tertiary/aromatic N) is 1. The zero-order chi connectivity index (χ0) is 24.1. The van der Waals surface area contributed by atoms with Crippen LogP contribution in [0.3, 0.4) is 0 Å². The molecule has 9 heteroatoms. The maximum atomic E-state index is 12.9. The molecule has 4 rings (SSSR count). The molecule has 2 amide bonds. The summed E-state index contributed by atoms with van der Waals surface area (Å²) in [5, 5.41) is 12.4. The molecule has 0 unspecified atom stereocenters. The van der Waals surface area contributed by atoms with Crippen LogP contribution in [0.2, 0.25) is 0 Å². The second-order valence-electron chi connectivity index (χ2n) is 7.12. The van der Waals surface area contributed by atoms with Crippen LogP contribution in [0.15, 0.2) is 77.7 Å². The van der Waals surface area contributed by atoms with E-state index >= 15 is 0 Å². The second-order valence-corrected chi connectivity index (χ2v) is 8.79. The highest BCUT2D eigenvalue weighted by atomic mass is 32.2. The van der Waals surface area contributed by atoms with E-state index in [-0.39, 0.29) is 18.3 Å². The average Bonchev–Trinajstić information content (AvgIpc) is 3.12. The van der Waals surface area contributed by atoms with Crippen LogP contribution in [-0.2, 0) is 9.59 Å². The number of aromatic hydroxyl groups is 1. The lowest BCUT2D eigenvalue weighted by Gasteiger charge is -2.14. The Hall–Kier alpha value is -3.82. The minimum Gasteiger partial charge on any atom is -0.506 e. The number of ether oxygens (including phenoxy) is 2. The number of benzene rings is 3. The van der Waals surface area contributed by atoms with Gasteiger partial charge in [-0.2, -0.15) is 0 Å². The van der Waals surface area contributed by atoms with Crippen molar-refractivity contribution in [3.8, 4) is 17.2 Å². The molecule has 0 spiro atoms. The summed E-state index contributed by atoms with van der Waals surface area (Å²) in [5.74, 6) is 0.112. The number of carbonyl (C=O) groups excluding carboxylic acids is 2. The first-order valence-electron chi connectivity index (χ1n) is 10.2. The zero-order valence-corrected chi connectivity index (χ0v) is 19.7. The maximum absolute atomic E-state index is 12.9. The lowest BCUT2D eigenvalue weighted by Crippen LogP contribution is -2.27. The van der Waals surface area contributed by atoms with E-state index in [4.69, 9.17) is 21.7 Å². The van der Waals surface area contributed by atoms with Crippen molar-refractivity contribution in [3.05, 3.63) is 83.3 Å². The molecule has 1 heterocycles. The van der Waals surface area contributed by atoms with E-state index in [1.54, 1.807) is 42.5 Å². The van der Waals surface area contributed by atoms with Gasteiger partial charge in [0, 0.05) is 0 Å². The van der Waals surface area contributed by atoms with E-state index in [9.17, 15) is 14.7 Å². The molecule has 3 aromatic rings. The number of hydrogen-bond acceptors (Lipinski definition) is 7. The Kier molecular flexibility index (Phi) is 7.15. The number of nitrogens with one attached hydrogen (secondary N) is 1. The summed E-state index contributed by atoms with van der Waals surface area (Å²) in [6, 6.07) is 20.8. The number of methoxy groups -OCH3 is 1. The third-order valence-corrected chi connectivity index (χ3v) is 6.13. The van der Waals surface area contributed by atoms with Crippen LogP contribution in [0.4, 0.5) is 11.4 Å². The van der Waals surface area contributed by atoms with Crippen LogP contribution in [0, 0.1) is 0 Å². The molecule has 1 saturated heterocycles. The lowest BCUT2D eigenvalue weighted by atomic mass is 10.2. The van der Waals surface area contributed by atoms with Crippen molar-refractivity contribution in [2.45, 2.75) is 0 Å². The Morgan fingerprint density at radius 2 is 1.82 bits per heavy atom. The van der Waals surface area contributed by atoms with Gasteiger partial charge < -0.3 is 19.9 Å². The number of thioether (sulfide) groups is 1. The minimum absolute atomic E-state index is 0.0320. The molecule has 172 valence electrons. The first kappa shape index (κ1) is 23.3. The molecule has 34 heavy (non-hydrogen) atoms. The van der Waals surface area contributed by atoms with Crippen molar-refractivity contribution >= 4 is 57.6 Å². The Labute approximate surface area is 206 Å². The average molecular weight is 493 g/mol.